The maximum Gasteiger partial charge on any atom is 0.407 e. The van der Waals surface area contributed by atoms with Gasteiger partial charge in [0, 0.05) is 25.2 Å². The monoisotopic (exact) mass is 333 g/mol. The van der Waals surface area contributed by atoms with Gasteiger partial charge in [-0.1, -0.05) is 12.1 Å². The number of rotatable bonds is 5. The van der Waals surface area contributed by atoms with Gasteiger partial charge in [-0.05, 0) is 57.4 Å². The van der Waals surface area contributed by atoms with E-state index in [0.29, 0.717) is 18.0 Å². The van der Waals surface area contributed by atoms with Crippen molar-refractivity contribution in [3.05, 3.63) is 35.4 Å². The van der Waals surface area contributed by atoms with E-state index < -0.39 is 11.5 Å². The molecule has 0 unspecified atom stereocenters. The highest BCUT2D eigenvalue weighted by molar-refractivity contribution is 5.92. The zero-order valence-corrected chi connectivity index (χ0v) is 14.7. The van der Waals surface area contributed by atoms with Gasteiger partial charge < -0.3 is 15.8 Å². The number of primary amides is 1. The molecule has 2 rings (SSSR count). The number of ether oxygens (including phenoxy) is 1. The quantitative estimate of drug-likeness (QED) is 0.864. The summed E-state index contributed by atoms with van der Waals surface area (Å²) in [6, 6.07) is 7.42. The van der Waals surface area contributed by atoms with Crippen molar-refractivity contribution in [1.29, 1.82) is 0 Å². The second kappa shape index (κ2) is 7.66. The normalized spacial score (nSPS) is 18.4. The van der Waals surface area contributed by atoms with E-state index in [4.69, 9.17) is 10.5 Å². The predicted octanol–water partition coefficient (Wildman–Crippen LogP) is 2.13. The molecule has 1 fully saturated rings. The minimum atomic E-state index is -0.475. The van der Waals surface area contributed by atoms with E-state index in [1.807, 2.05) is 39.0 Å². The SMILES string of the molecule is CC(C)(C)OC(=O)NC[C@H]1CCN(Cc2cccc(C(N)=O)c2)C1. The molecule has 24 heavy (non-hydrogen) atoms. The van der Waals surface area contributed by atoms with Gasteiger partial charge in [0.25, 0.3) is 0 Å². The van der Waals surface area contributed by atoms with E-state index in [9.17, 15) is 9.59 Å². The Morgan fingerprint density at radius 1 is 1.38 bits per heavy atom. The van der Waals surface area contributed by atoms with Crippen LogP contribution in [0.5, 0.6) is 0 Å². The number of likely N-dealkylation sites (tertiary alicyclic amines) is 1. The first-order valence-corrected chi connectivity index (χ1v) is 8.31. The molecule has 0 saturated carbocycles. The molecule has 0 radical (unpaired) electrons. The van der Waals surface area contributed by atoms with Crippen molar-refractivity contribution in [2.75, 3.05) is 19.6 Å². The van der Waals surface area contributed by atoms with Gasteiger partial charge in [0.2, 0.25) is 5.91 Å². The molecule has 6 heteroatoms. The van der Waals surface area contributed by atoms with Crippen molar-refractivity contribution in [3.63, 3.8) is 0 Å². The van der Waals surface area contributed by atoms with Gasteiger partial charge >= 0.3 is 6.09 Å². The molecule has 1 saturated heterocycles. The van der Waals surface area contributed by atoms with Crippen molar-refractivity contribution < 1.29 is 14.3 Å². The Bertz CT molecular complexity index is 595. The molecule has 0 spiro atoms. The zero-order chi connectivity index (χ0) is 17.7. The fourth-order valence-corrected chi connectivity index (χ4v) is 2.85. The van der Waals surface area contributed by atoms with E-state index in [-0.39, 0.29) is 6.09 Å². The molecule has 2 amide bonds. The lowest BCUT2D eigenvalue weighted by atomic mass is 10.1. The average Bonchev–Trinajstić information content (AvgIpc) is 2.91. The summed E-state index contributed by atoms with van der Waals surface area (Å²) in [5.41, 5.74) is 6.46. The summed E-state index contributed by atoms with van der Waals surface area (Å²) in [6.45, 7) is 8.84. The first-order chi connectivity index (χ1) is 11.2. The molecule has 0 bridgehead atoms. The minimum absolute atomic E-state index is 0.366. The molecule has 132 valence electrons. The molecular weight excluding hydrogens is 306 g/mol. The third kappa shape index (κ3) is 5.85. The van der Waals surface area contributed by atoms with Crippen molar-refractivity contribution in [1.82, 2.24) is 10.2 Å². The predicted molar refractivity (Wildman–Crippen MR) is 92.6 cm³/mol. The molecule has 6 nitrogen and oxygen atoms in total. The zero-order valence-electron chi connectivity index (χ0n) is 14.7. The lowest BCUT2D eigenvalue weighted by Crippen LogP contribution is -2.36. The second-order valence-corrected chi connectivity index (χ2v) is 7.34. The van der Waals surface area contributed by atoms with Gasteiger partial charge in [0.1, 0.15) is 5.60 Å². The number of nitrogens with one attached hydrogen (secondary N) is 1. The second-order valence-electron chi connectivity index (χ2n) is 7.34. The van der Waals surface area contributed by atoms with Gasteiger partial charge in [0.05, 0.1) is 0 Å². The first kappa shape index (κ1) is 18.3. The molecule has 1 aromatic carbocycles. The Balaban J connectivity index is 1.78. The maximum absolute atomic E-state index is 11.7. The number of amides is 2. The lowest BCUT2D eigenvalue weighted by Gasteiger charge is -2.21. The molecule has 1 aliphatic rings. The van der Waals surface area contributed by atoms with Crippen LogP contribution in [0.1, 0.15) is 43.1 Å². The van der Waals surface area contributed by atoms with Crippen molar-refractivity contribution in [2.24, 2.45) is 11.7 Å². The van der Waals surface area contributed by atoms with E-state index in [1.165, 1.54) is 0 Å². The smallest absolute Gasteiger partial charge is 0.407 e. The molecule has 1 atom stereocenters. The van der Waals surface area contributed by atoms with E-state index in [0.717, 1.165) is 31.6 Å². The molecule has 1 aromatic rings. The summed E-state index contributed by atoms with van der Waals surface area (Å²) >= 11 is 0. The standard InChI is InChI=1S/C18H27N3O3/c1-18(2,3)24-17(23)20-10-14-7-8-21(12-14)11-13-5-4-6-15(9-13)16(19)22/h4-6,9,14H,7-8,10-12H2,1-3H3,(H2,19,22)(H,20,23)/t14-/m1/s1. The number of hydrogen-bond donors (Lipinski definition) is 2. The number of benzene rings is 1. The number of alkyl carbamates (subject to hydrolysis) is 1. The fourth-order valence-electron chi connectivity index (χ4n) is 2.85. The fraction of sp³-hybridized carbons (Fsp3) is 0.556. The Labute approximate surface area is 143 Å². The largest absolute Gasteiger partial charge is 0.444 e. The van der Waals surface area contributed by atoms with Gasteiger partial charge in [-0.15, -0.1) is 0 Å². The van der Waals surface area contributed by atoms with Crippen LogP contribution < -0.4 is 11.1 Å². The van der Waals surface area contributed by atoms with Crippen molar-refractivity contribution in [2.45, 2.75) is 39.3 Å². The van der Waals surface area contributed by atoms with Gasteiger partial charge in [-0.25, -0.2) is 4.79 Å². The summed E-state index contributed by atoms with van der Waals surface area (Å²) in [6.07, 6.45) is 0.667. The lowest BCUT2D eigenvalue weighted by molar-refractivity contribution is 0.0519. The van der Waals surface area contributed by atoms with Gasteiger partial charge in [-0.2, -0.15) is 0 Å². The van der Waals surface area contributed by atoms with Crippen LogP contribution in [-0.4, -0.2) is 42.1 Å². The van der Waals surface area contributed by atoms with Crippen LogP contribution in [0.4, 0.5) is 4.79 Å². The average molecular weight is 333 g/mol. The van der Waals surface area contributed by atoms with Crippen LogP contribution in [0, 0.1) is 5.92 Å². The van der Waals surface area contributed by atoms with E-state index >= 15 is 0 Å². The number of nitrogens with two attached hydrogens (primary N) is 1. The summed E-state index contributed by atoms with van der Waals surface area (Å²) in [7, 11) is 0. The Hall–Kier alpha value is -2.08. The first-order valence-electron chi connectivity index (χ1n) is 8.31. The number of carbonyl (C=O) groups excluding carboxylic acids is 2. The molecule has 1 aliphatic heterocycles. The summed E-state index contributed by atoms with van der Waals surface area (Å²) < 4.78 is 5.25. The van der Waals surface area contributed by atoms with Crippen molar-refractivity contribution in [3.8, 4) is 0 Å². The van der Waals surface area contributed by atoms with Crippen LogP contribution in [0.15, 0.2) is 24.3 Å². The molecule has 0 aliphatic carbocycles. The van der Waals surface area contributed by atoms with Gasteiger partial charge in [0.15, 0.2) is 0 Å². The Morgan fingerprint density at radius 2 is 2.12 bits per heavy atom. The topological polar surface area (TPSA) is 84.7 Å². The molecule has 1 heterocycles. The van der Waals surface area contributed by atoms with Gasteiger partial charge in [-0.3, -0.25) is 9.69 Å². The van der Waals surface area contributed by atoms with E-state index in [2.05, 4.69) is 10.2 Å². The number of hydrogen-bond acceptors (Lipinski definition) is 4. The van der Waals surface area contributed by atoms with Crippen molar-refractivity contribution >= 4 is 12.0 Å². The summed E-state index contributed by atoms with van der Waals surface area (Å²) in [5, 5.41) is 2.84. The van der Waals surface area contributed by atoms with E-state index in [1.54, 1.807) is 6.07 Å². The van der Waals surface area contributed by atoms with Crippen LogP contribution in [0.2, 0.25) is 0 Å². The maximum atomic E-state index is 11.7. The molecular formula is C18H27N3O3. The number of nitrogens with zero attached hydrogens (tertiary/aromatic N) is 1. The third-order valence-electron chi connectivity index (χ3n) is 3.92. The minimum Gasteiger partial charge on any atom is -0.444 e. The third-order valence-corrected chi connectivity index (χ3v) is 3.92. The van der Waals surface area contributed by atoms with Crippen LogP contribution in [0.25, 0.3) is 0 Å². The molecule has 0 aromatic heterocycles. The van der Waals surface area contributed by atoms with Crippen LogP contribution in [0.3, 0.4) is 0 Å². The summed E-state index contributed by atoms with van der Waals surface area (Å²) in [4.78, 5) is 25.3. The molecule has 3 N–H and O–H groups in total. The summed E-state index contributed by atoms with van der Waals surface area (Å²) in [5.74, 6) is 0.00884. The highest BCUT2D eigenvalue weighted by atomic mass is 16.6. The van der Waals surface area contributed by atoms with Crippen LogP contribution >= 0.6 is 0 Å². The van der Waals surface area contributed by atoms with Crippen LogP contribution in [-0.2, 0) is 11.3 Å². The Kier molecular flexibility index (Phi) is 5.83. The Morgan fingerprint density at radius 3 is 2.79 bits per heavy atom. The highest BCUT2D eigenvalue weighted by Gasteiger charge is 2.24. The highest BCUT2D eigenvalue weighted by Crippen LogP contribution is 2.19. The number of carbonyl (C=O) groups is 2.